The lowest BCUT2D eigenvalue weighted by Gasteiger charge is -2.37. The zero-order valence-electron chi connectivity index (χ0n) is 20.0. The standard InChI is InChI=1S/C25H28FN5O5/c1-16-19(26)13-21-20(28-16)2-3-24(32)30(21)9-8-29-6-4-18(5-7-29)31(25(33)34)15-17-12-22-23(14-27-17)36-11-10-35-22/h2-3,12-14,18H,4-11,15H2,1H3,(H,33,34). The Bertz CT molecular complexity index is 1340. The van der Waals surface area contributed by atoms with Crippen LogP contribution in [0.25, 0.3) is 11.0 Å². The van der Waals surface area contributed by atoms with Crippen LogP contribution in [0.1, 0.15) is 24.2 Å². The van der Waals surface area contributed by atoms with Crippen LogP contribution in [0.3, 0.4) is 0 Å². The molecule has 3 aromatic rings. The monoisotopic (exact) mass is 497 g/mol. The number of hydrogen-bond acceptors (Lipinski definition) is 7. The molecule has 0 unspecified atom stereocenters. The fourth-order valence-corrected chi connectivity index (χ4v) is 4.82. The SMILES string of the molecule is Cc1nc2ccc(=O)n(CCN3CCC(N(Cc4cc5c(cn4)OCCO5)C(=O)O)CC3)c2cc1F. The zero-order chi connectivity index (χ0) is 25.2. The molecule has 5 rings (SSSR count). The summed E-state index contributed by atoms with van der Waals surface area (Å²) in [6.45, 7) is 5.05. The van der Waals surface area contributed by atoms with E-state index in [0.29, 0.717) is 86.2 Å². The zero-order valence-corrected chi connectivity index (χ0v) is 20.0. The third-order valence-electron chi connectivity index (χ3n) is 6.80. The molecule has 5 heterocycles. The van der Waals surface area contributed by atoms with Gasteiger partial charge in [0.2, 0.25) is 0 Å². The van der Waals surface area contributed by atoms with Gasteiger partial charge in [-0.25, -0.2) is 14.2 Å². The first-order valence-electron chi connectivity index (χ1n) is 12.0. The first-order valence-corrected chi connectivity index (χ1v) is 12.0. The van der Waals surface area contributed by atoms with E-state index in [0.717, 1.165) is 0 Å². The molecule has 1 amide bonds. The van der Waals surface area contributed by atoms with Crippen LogP contribution in [0.5, 0.6) is 11.5 Å². The quantitative estimate of drug-likeness (QED) is 0.554. The number of piperidine rings is 1. The van der Waals surface area contributed by atoms with Crippen molar-refractivity contribution in [1.29, 1.82) is 0 Å². The Balaban J connectivity index is 1.21. The van der Waals surface area contributed by atoms with Crippen molar-refractivity contribution < 1.29 is 23.8 Å². The van der Waals surface area contributed by atoms with E-state index in [1.54, 1.807) is 29.8 Å². The van der Waals surface area contributed by atoms with Crippen LogP contribution in [-0.2, 0) is 13.1 Å². The van der Waals surface area contributed by atoms with Crippen LogP contribution in [0.15, 0.2) is 35.3 Å². The summed E-state index contributed by atoms with van der Waals surface area (Å²) in [5, 5.41) is 9.87. The molecule has 1 fully saturated rings. The van der Waals surface area contributed by atoms with Gasteiger partial charge in [0.05, 0.1) is 35.2 Å². The van der Waals surface area contributed by atoms with Crippen molar-refractivity contribution in [1.82, 2.24) is 24.3 Å². The van der Waals surface area contributed by atoms with Gasteiger partial charge in [0.1, 0.15) is 19.0 Å². The molecule has 2 aliphatic rings. The Morgan fingerprint density at radius 2 is 1.92 bits per heavy atom. The van der Waals surface area contributed by atoms with E-state index in [4.69, 9.17) is 9.47 Å². The van der Waals surface area contributed by atoms with Crippen LogP contribution in [0.2, 0.25) is 0 Å². The van der Waals surface area contributed by atoms with E-state index >= 15 is 0 Å². The summed E-state index contributed by atoms with van der Waals surface area (Å²) < 4.78 is 26.7. The van der Waals surface area contributed by atoms with E-state index in [1.165, 1.54) is 17.0 Å². The molecule has 0 radical (unpaired) electrons. The number of halogens is 1. The van der Waals surface area contributed by atoms with E-state index in [2.05, 4.69) is 14.9 Å². The minimum absolute atomic E-state index is 0.143. The molecule has 0 spiro atoms. The molecule has 0 saturated carbocycles. The van der Waals surface area contributed by atoms with Gasteiger partial charge < -0.3 is 24.0 Å². The molecule has 0 aromatic carbocycles. The molecule has 11 heteroatoms. The van der Waals surface area contributed by atoms with Crippen molar-refractivity contribution >= 4 is 17.1 Å². The summed E-state index contributed by atoms with van der Waals surface area (Å²) in [4.78, 5) is 36.8. The number of carbonyl (C=O) groups is 1. The Morgan fingerprint density at radius 1 is 1.17 bits per heavy atom. The number of aryl methyl sites for hydroxylation is 1. The lowest BCUT2D eigenvalue weighted by atomic mass is 10.0. The molecule has 3 aromatic heterocycles. The number of amides is 1. The Kier molecular flexibility index (Phi) is 6.73. The maximum atomic E-state index is 14.1. The first-order chi connectivity index (χ1) is 17.4. The number of likely N-dealkylation sites (tertiary alicyclic amines) is 1. The third kappa shape index (κ3) is 4.97. The average Bonchev–Trinajstić information content (AvgIpc) is 2.88. The molecule has 36 heavy (non-hydrogen) atoms. The fraction of sp³-hybridized carbons (Fsp3) is 0.440. The molecular weight excluding hydrogens is 469 g/mol. The van der Waals surface area contributed by atoms with Gasteiger partial charge in [-0.15, -0.1) is 0 Å². The summed E-state index contributed by atoms with van der Waals surface area (Å²) >= 11 is 0. The van der Waals surface area contributed by atoms with E-state index in [-0.39, 0.29) is 18.1 Å². The van der Waals surface area contributed by atoms with Gasteiger partial charge in [-0.05, 0) is 25.8 Å². The summed E-state index contributed by atoms with van der Waals surface area (Å²) in [6, 6.07) is 6.02. The van der Waals surface area contributed by atoms with Gasteiger partial charge in [-0.3, -0.25) is 14.7 Å². The predicted molar refractivity (Wildman–Crippen MR) is 129 cm³/mol. The van der Waals surface area contributed by atoms with Gasteiger partial charge in [0, 0.05) is 50.4 Å². The van der Waals surface area contributed by atoms with Gasteiger partial charge >= 0.3 is 6.09 Å². The number of ether oxygens (including phenoxy) is 2. The predicted octanol–water partition coefficient (Wildman–Crippen LogP) is 2.65. The molecule has 0 atom stereocenters. The molecular formula is C25H28FN5O5. The van der Waals surface area contributed by atoms with Gasteiger partial charge in [0.15, 0.2) is 11.5 Å². The number of carboxylic acid groups (broad SMARTS) is 1. The molecule has 0 bridgehead atoms. The second-order valence-electron chi connectivity index (χ2n) is 9.09. The topological polar surface area (TPSA) is 110 Å². The van der Waals surface area contributed by atoms with Crippen molar-refractivity contribution in [2.45, 2.75) is 38.9 Å². The molecule has 10 nitrogen and oxygen atoms in total. The summed E-state index contributed by atoms with van der Waals surface area (Å²) in [5.41, 5.74) is 1.76. The van der Waals surface area contributed by atoms with E-state index in [1.807, 2.05) is 0 Å². The van der Waals surface area contributed by atoms with Crippen LogP contribution in [0, 0.1) is 12.7 Å². The highest BCUT2D eigenvalue weighted by Crippen LogP contribution is 2.30. The minimum atomic E-state index is -0.989. The maximum Gasteiger partial charge on any atom is 0.407 e. The lowest BCUT2D eigenvalue weighted by molar-refractivity contribution is 0.0848. The van der Waals surface area contributed by atoms with Crippen molar-refractivity contribution in [3.63, 3.8) is 0 Å². The van der Waals surface area contributed by atoms with Crippen LogP contribution >= 0.6 is 0 Å². The van der Waals surface area contributed by atoms with Crippen LogP contribution < -0.4 is 15.0 Å². The van der Waals surface area contributed by atoms with Crippen LogP contribution in [0.4, 0.5) is 9.18 Å². The summed E-state index contributed by atoms with van der Waals surface area (Å²) in [6.07, 6.45) is 1.91. The highest BCUT2D eigenvalue weighted by atomic mass is 19.1. The average molecular weight is 498 g/mol. The highest BCUT2D eigenvalue weighted by Gasteiger charge is 2.29. The first kappa shape index (κ1) is 24.0. The van der Waals surface area contributed by atoms with Gasteiger partial charge in [-0.2, -0.15) is 0 Å². The summed E-state index contributed by atoms with van der Waals surface area (Å²) in [7, 11) is 0. The van der Waals surface area contributed by atoms with Crippen molar-refractivity contribution in [2.24, 2.45) is 0 Å². The number of fused-ring (bicyclic) bond motifs is 2. The Morgan fingerprint density at radius 3 is 2.67 bits per heavy atom. The second-order valence-corrected chi connectivity index (χ2v) is 9.09. The number of rotatable bonds is 6. The smallest absolute Gasteiger partial charge is 0.407 e. The van der Waals surface area contributed by atoms with Crippen molar-refractivity contribution in [3.05, 3.63) is 58.0 Å². The van der Waals surface area contributed by atoms with E-state index < -0.39 is 11.9 Å². The molecule has 190 valence electrons. The number of hydrogen-bond donors (Lipinski definition) is 1. The molecule has 2 aliphatic heterocycles. The van der Waals surface area contributed by atoms with Crippen molar-refractivity contribution in [3.8, 4) is 11.5 Å². The molecule has 1 N–H and O–H groups in total. The molecule has 0 aliphatic carbocycles. The van der Waals surface area contributed by atoms with Crippen LogP contribution in [-0.4, -0.2) is 74.4 Å². The van der Waals surface area contributed by atoms with Gasteiger partial charge in [-0.1, -0.05) is 0 Å². The number of nitrogens with zero attached hydrogens (tertiary/aromatic N) is 5. The lowest BCUT2D eigenvalue weighted by Crippen LogP contribution is -2.47. The van der Waals surface area contributed by atoms with Crippen molar-refractivity contribution in [2.75, 3.05) is 32.8 Å². The Hall–Kier alpha value is -3.73. The fourth-order valence-electron chi connectivity index (χ4n) is 4.82. The summed E-state index contributed by atoms with van der Waals surface area (Å²) in [5.74, 6) is 0.711. The third-order valence-corrected chi connectivity index (χ3v) is 6.80. The van der Waals surface area contributed by atoms with Gasteiger partial charge in [0.25, 0.3) is 5.56 Å². The maximum absolute atomic E-state index is 14.1. The largest absolute Gasteiger partial charge is 0.486 e. The Labute approximate surface area is 206 Å². The highest BCUT2D eigenvalue weighted by molar-refractivity contribution is 5.74. The number of pyridine rings is 3. The number of aromatic nitrogens is 3. The second kappa shape index (κ2) is 10.1. The molecule has 1 saturated heterocycles. The minimum Gasteiger partial charge on any atom is -0.486 e. The normalized spacial score (nSPS) is 16.3. The van der Waals surface area contributed by atoms with E-state index in [9.17, 15) is 19.1 Å².